The van der Waals surface area contributed by atoms with Crippen LogP contribution < -0.4 is 29.7 Å². The lowest BCUT2D eigenvalue weighted by molar-refractivity contribution is -0.763. The lowest BCUT2D eigenvalue weighted by atomic mass is 9.78. The minimum atomic E-state index is -1.30. The molecule has 0 radical (unpaired) electrons. The number of benzene rings is 3. The summed E-state index contributed by atoms with van der Waals surface area (Å²) in [5.41, 5.74) is 0.239. The first-order chi connectivity index (χ1) is 31.5. The first-order valence-electron chi connectivity index (χ1n) is 21.5. The van der Waals surface area contributed by atoms with E-state index in [1.165, 1.54) is 55.6 Å². The van der Waals surface area contributed by atoms with Crippen LogP contribution in [0.15, 0.2) is 72.8 Å². The highest BCUT2D eigenvalue weighted by atomic mass is 17.0. The molecule has 4 atom stereocenters. The zero-order chi connectivity index (χ0) is 48.2. The molecule has 1 aliphatic heterocycles. The highest BCUT2D eigenvalue weighted by Gasteiger charge is 2.40. The van der Waals surface area contributed by atoms with Crippen molar-refractivity contribution >= 4 is 29.8 Å². The summed E-state index contributed by atoms with van der Waals surface area (Å²) in [4.78, 5) is 88.0. The predicted octanol–water partition coefficient (Wildman–Crippen LogP) is 6.94. The Morgan fingerprint density at radius 3 is 2.15 bits per heavy atom. The quantitative estimate of drug-likeness (QED) is 0.0206. The van der Waals surface area contributed by atoms with E-state index in [2.05, 4.69) is 20.3 Å². The number of anilines is 1. The van der Waals surface area contributed by atoms with Gasteiger partial charge in [-0.25, -0.2) is 9.59 Å². The van der Waals surface area contributed by atoms with Crippen molar-refractivity contribution in [3.63, 3.8) is 0 Å². The lowest BCUT2D eigenvalue weighted by Gasteiger charge is -2.38. The number of nitrogens with one attached hydrogen (secondary N) is 2. The standard InChI is InChI=1S/C45H59N5O16/c1-7-8-19-46-42(52)36(30(2)3)22-40(66-44(54)65-34-16-12-14-32(21-34)27-62-50(57)58)37(47-43(53)64-33-15-11-13-31(20-33)26-61-49(55)56)23-45(4,5)24-41(51)48-25-35(28-60-29-59-6)63-39-18-10-9-17-38(39)48/h9-18,20-21,30,35-37,40H,7-8,19,22-29H2,1-6H3,(H,46,52)(H,47,53)/t35-,36+,37?,40+/m1/s1. The number of unbranched alkanes of at least 4 members (excludes halogenated alkanes) is 1. The van der Waals surface area contributed by atoms with E-state index in [1.54, 1.807) is 43.0 Å². The van der Waals surface area contributed by atoms with Crippen molar-refractivity contribution in [2.45, 2.75) is 98.2 Å². The molecule has 0 fully saturated rings. The Morgan fingerprint density at radius 1 is 0.909 bits per heavy atom. The monoisotopic (exact) mass is 925 g/mol. The van der Waals surface area contributed by atoms with Crippen molar-refractivity contribution in [3.05, 3.63) is 104 Å². The molecule has 360 valence electrons. The minimum absolute atomic E-state index is 0.00771. The Hall–Kier alpha value is -6.74. The van der Waals surface area contributed by atoms with Gasteiger partial charge in [-0.1, -0.05) is 77.4 Å². The fraction of sp³-hybridized carbons (Fsp3) is 0.511. The second-order valence-corrected chi connectivity index (χ2v) is 16.7. The third-order valence-electron chi connectivity index (χ3n) is 10.4. The summed E-state index contributed by atoms with van der Waals surface area (Å²) >= 11 is 0. The van der Waals surface area contributed by atoms with Crippen LogP contribution >= 0.6 is 0 Å². The van der Waals surface area contributed by atoms with Gasteiger partial charge in [-0.15, -0.1) is 20.2 Å². The maximum Gasteiger partial charge on any atom is 0.514 e. The molecule has 2 N–H and O–H groups in total. The first-order valence-corrected chi connectivity index (χ1v) is 21.5. The number of hydrogen-bond acceptors (Lipinski definition) is 16. The molecular weight excluding hydrogens is 867 g/mol. The van der Waals surface area contributed by atoms with Gasteiger partial charge in [0.05, 0.1) is 24.9 Å². The van der Waals surface area contributed by atoms with Gasteiger partial charge < -0.3 is 53.6 Å². The predicted molar refractivity (Wildman–Crippen MR) is 235 cm³/mol. The van der Waals surface area contributed by atoms with Crippen LogP contribution in [0.3, 0.4) is 0 Å². The highest BCUT2D eigenvalue weighted by Crippen LogP contribution is 2.37. The number of methoxy groups -OCH3 is 1. The van der Waals surface area contributed by atoms with Gasteiger partial charge >= 0.3 is 12.2 Å². The molecule has 0 bridgehead atoms. The summed E-state index contributed by atoms with van der Waals surface area (Å²) in [5, 5.41) is 25.5. The van der Waals surface area contributed by atoms with Crippen molar-refractivity contribution in [2.75, 3.05) is 38.5 Å². The molecule has 0 spiro atoms. The molecule has 4 rings (SSSR count). The number of rotatable bonds is 26. The van der Waals surface area contributed by atoms with Crippen molar-refractivity contribution in [1.29, 1.82) is 0 Å². The Bertz CT molecular complexity index is 2100. The molecule has 1 aliphatic rings. The molecule has 3 aromatic carbocycles. The van der Waals surface area contributed by atoms with Crippen LogP contribution in [0.2, 0.25) is 0 Å². The average molecular weight is 926 g/mol. The molecule has 1 heterocycles. The number of amides is 3. The third-order valence-corrected chi connectivity index (χ3v) is 10.4. The Balaban J connectivity index is 1.70. The van der Waals surface area contributed by atoms with E-state index in [9.17, 15) is 39.4 Å². The van der Waals surface area contributed by atoms with Gasteiger partial charge in [-0.2, -0.15) is 0 Å². The van der Waals surface area contributed by atoms with Crippen LogP contribution in [0.5, 0.6) is 17.2 Å². The summed E-state index contributed by atoms with van der Waals surface area (Å²) in [5.74, 6) is -1.18. The molecule has 0 aliphatic carbocycles. The molecule has 0 saturated heterocycles. The number of ether oxygens (including phenoxy) is 6. The van der Waals surface area contributed by atoms with Crippen LogP contribution in [0, 0.1) is 37.5 Å². The van der Waals surface area contributed by atoms with Crippen LogP contribution in [0.1, 0.15) is 77.8 Å². The number of fused-ring (bicyclic) bond motifs is 1. The second-order valence-electron chi connectivity index (χ2n) is 16.7. The van der Waals surface area contributed by atoms with Crippen molar-refractivity contribution in [3.8, 4) is 17.2 Å². The zero-order valence-corrected chi connectivity index (χ0v) is 38.0. The molecule has 0 saturated carbocycles. The summed E-state index contributed by atoms with van der Waals surface area (Å²) < 4.78 is 33.9. The highest BCUT2D eigenvalue weighted by molar-refractivity contribution is 5.95. The smallest absolute Gasteiger partial charge is 0.484 e. The fourth-order valence-electron chi connectivity index (χ4n) is 7.26. The van der Waals surface area contributed by atoms with Crippen molar-refractivity contribution < 1.29 is 67.4 Å². The van der Waals surface area contributed by atoms with E-state index in [0.717, 1.165) is 12.8 Å². The topological polar surface area (TPSA) is 256 Å². The number of nitrogens with zero attached hydrogens (tertiary/aromatic N) is 3. The molecular formula is C45H59N5O16. The van der Waals surface area contributed by atoms with E-state index < -0.39 is 65.2 Å². The number of carbonyl (C=O) groups excluding carboxylic acids is 4. The van der Waals surface area contributed by atoms with Gasteiger partial charge in [0.25, 0.3) is 10.2 Å². The molecule has 21 nitrogen and oxygen atoms in total. The summed E-state index contributed by atoms with van der Waals surface area (Å²) in [6.07, 6.45) is -2.72. The Labute approximate surface area is 382 Å². The van der Waals surface area contributed by atoms with Crippen LogP contribution in [0.25, 0.3) is 0 Å². The van der Waals surface area contributed by atoms with Gasteiger partial charge in [0.1, 0.15) is 49.5 Å². The van der Waals surface area contributed by atoms with E-state index in [0.29, 0.717) is 29.1 Å². The molecule has 66 heavy (non-hydrogen) atoms. The Kier molecular flexibility index (Phi) is 20.2. The fourth-order valence-corrected chi connectivity index (χ4v) is 7.26. The van der Waals surface area contributed by atoms with Gasteiger partial charge in [-0.3, -0.25) is 9.59 Å². The lowest BCUT2D eigenvalue weighted by Crippen LogP contribution is -2.51. The number of carbonyl (C=O) groups is 4. The van der Waals surface area contributed by atoms with Gasteiger partial charge in [0, 0.05) is 26.0 Å². The van der Waals surface area contributed by atoms with E-state index >= 15 is 0 Å². The number of hydrogen-bond donors (Lipinski definition) is 2. The normalized spacial score (nSPS) is 14.7. The van der Waals surface area contributed by atoms with Gasteiger partial charge in [-0.05, 0) is 78.1 Å². The maximum atomic E-state index is 14.4. The number of para-hydroxylation sites is 2. The molecule has 0 aromatic heterocycles. The van der Waals surface area contributed by atoms with Crippen molar-refractivity contribution in [1.82, 2.24) is 10.6 Å². The molecule has 1 unspecified atom stereocenters. The third kappa shape index (κ3) is 17.3. The van der Waals surface area contributed by atoms with E-state index in [4.69, 9.17) is 28.4 Å². The summed E-state index contributed by atoms with van der Waals surface area (Å²) in [6, 6.07) is 17.6. The molecule has 3 amide bonds. The average Bonchev–Trinajstić information content (AvgIpc) is 3.25. The largest absolute Gasteiger partial charge is 0.514 e. The minimum Gasteiger partial charge on any atom is -0.484 e. The summed E-state index contributed by atoms with van der Waals surface area (Å²) in [7, 11) is 1.49. The first kappa shape index (κ1) is 51.9. The van der Waals surface area contributed by atoms with Gasteiger partial charge in [0.2, 0.25) is 11.8 Å². The van der Waals surface area contributed by atoms with Crippen LogP contribution in [-0.2, 0) is 46.7 Å². The van der Waals surface area contributed by atoms with Crippen molar-refractivity contribution in [2.24, 2.45) is 17.3 Å². The van der Waals surface area contributed by atoms with Gasteiger partial charge in [0.15, 0.2) is 0 Å². The zero-order valence-electron chi connectivity index (χ0n) is 38.0. The summed E-state index contributed by atoms with van der Waals surface area (Å²) in [6.45, 7) is 9.17. The molecule has 3 aromatic rings. The second kappa shape index (κ2) is 25.7. The SMILES string of the molecule is CCCCNC(=O)[C@@H](C[C@H](OC(=O)Oc1cccc(CO[N+](=O)[O-])c1)C(CC(C)(C)CC(=O)N1C[C@H](COCOC)Oc2ccccc21)NC(=O)Oc1cccc(CO[N+](=O)[O-])c1)C(C)C. The van der Waals surface area contributed by atoms with E-state index in [-0.39, 0.29) is 68.4 Å². The maximum absolute atomic E-state index is 14.4. The Morgan fingerprint density at radius 2 is 1.55 bits per heavy atom. The van der Waals surface area contributed by atoms with Crippen LogP contribution in [-0.4, -0.2) is 86.1 Å². The molecule has 21 heteroatoms. The van der Waals surface area contributed by atoms with E-state index in [1.807, 2.05) is 20.8 Å². The van der Waals surface area contributed by atoms with Crippen LogP contribution in [0.4, 0.5) is 15.3 Å².